The Morgan fingerprint density at radius 2 is 1.83 bits per heavy atom. The van der Waals surface area contributed by atoms with E-state index in [0.717, 1.165) is 23.5 Å². The molecule has 1 aromatic heterocycles. The number of benzene rings is 2. The van der Waals surface area contributed by atoms with E-state index in [9.17, 15) is 13.2 Å². The number of sulfone groups is 1. The normalized spacial score (nSPS) is 14.8. The number of amides is 1. The molecule has 2 heterocycles. The van der Waals surface area contributed by atoms with Crippen LogP contribution in [0.25, 0.3) is 10.9 Å². The number of rotatable bonds is 4. The Bertz CT molecular complexity index is 1210. The first-order valence-electron chi connectivity index (χ1n) is 9.71. The number of carbonyl (C=O) groups is 1. The predicted molar refractivity (Wildman–Crippen MR) is 121 cm³/mol. The number of halogens is 1. The lowest BCUT2D eigenvalue weighted by Gasteiger charge is -2.27. The van der Waals surface area contributed by atoms with Gasteiger partial charge in [-0.15, -0.1) is 0 Å². The highest BCUT2D eigenvalue weighted by Gasteiger charge is 2.30. The van der Waals surface area contributed by atoms with E-state index in [0.29, 0.717) is 29.0 Å². The van der Waals surface area contributed by atoms with E-state index in [2.05, 4.69) is 4.98 Å². The van der Waals surface area contributed by atoms with Gasteiger partial charge in [0.2, 0.25) is 9.84 Å². The van der Waals surface area contributed by atoms with Crippen molar-refractivity contribution in [2.75, 3.05) is 24.6 Å². The number of thioether (sulfide) groups is 1. The van der Waals surface area contributed by atoms with Gasteiger partial charge in [0.05, 0.1) is 20.9 Å². The molecule has 4 rings (SSSR count). The maximum absolute atomic E-state index is 13.7. The summed E-state index contributed by atoms with van der Waals surface area (Å²) in [6.07, 6.45) is 2.19. The van der Waals surface area contributed by atoms with Crippen molar-refractivity contribution < 1.29 is 13.2 Å². The van der Waals surface area contributed by atoms with Crippen molar-refractivity contribution in [3.8, 4) is 0 Å². The van der Waals surface area contributed by atoms with Crippen LogP contribution in [-0.4, -0.2) is 48.8 Å². The Hall–Kier alpha value is -2.09. The largest absolute Gasteiger partial charge is 0.337 e. The summed E-state index contributed by atoms with van der Waals surface area (Å²) in [6.45, 7) is 3.18. The SMILES string of the molecule is CCc1ccc(S(=O)(=O)c2c(C(=O)N3CCSCC3)cnc3ccc(Cl)cc23)cc1. The average molecular weight is 461 g/mol. The van der Waals surface area contributed by atoms with Gasteiger partial charge in [-0.25, -0.2) is 8.42 Å². The minimum atomic E-state index is -3.97. The average Bonchev–Trinajstić information content (AvgIpc) is 2.78. The third-order valence-electron chi connectivity index (χ3n) is 5.22. The second-order valence-electron chi connectivity index (χ2n) is 7.07. The highest BCUT2D eigenvalue weighted by molar-refractivity contribution is 7.99. The van der Waals surface area contributed by atoms with Crippen molar-refractivity contribution in [3.63, 3.8) is 0 Å². The number of hydrogen-bond acceptors (Lipinski definition) is 5. The van der Waals surface area contributed by atoms with Crippen LogP contribution in [-0.2, 0) is 16.3 Å². The molecule has 1 fully saturated rings. The Morgan fingerprint density at radius 3 is 2.50 bits per heavy atom. The first-order chi connectivity index (χ1) is 14.4. The van der Waals surface area contributed by atoms with Gasteiger partial charge in [0.1, 0.15) is 0 Å². The molecule has 0 saturated carbocycles. The van der Waals surface area contributed by atoms with Gasteiger partial charge in [0, 0.05) is 41.2 Å². The molecule has 8 heteroatoms. The van der Waals surface area contributed by atoms with Crippen LogP contribution in [0.3, 0.4) is 0 Å². The number of pyridine rings is 1. The number of aromatic nitrogens is 1. The molecule has 2 aromatic carbocycles. The van der Waals surface area contributed by atoms with Gasteiger partial charge in [-0.2, -0.15) is 11.8 Å². The molecule has 5 nitrogen and oxygen atoms in total. The highest BCUT2D eigenvalue weighted by Crippen LogP contribution is 2.33. The Balaban J connectivity index is 1.94. The minimum absolute atomic E-state index is 0.0255. The molecule has 1 aliphatic rings. The quantitative estimate of drug-likeness (QED) is 0.574. The standard InChI is InChI=1S/C22H21ClN2O3S2/c1-2-15-3-6-17(7-4-15)30(27,28)21-18-13-16(23)5-8-20(18)24-14-19(21)22(26)25-9-11-29-12-10-25/h3-8,13-14H,2,9-12H2,1H3. The lowest BCUT2D eigenvalue weighted by atomic mass is 10.1. The molecule has 0 radical (unpaired) electrons. The molecule has 1 aliphatic heterocycles. The molecule has 1 saturated heterocycles. The van der Waals surface area contributed by atoms with Crippen LogP contribution < -0.4 is 0 Å². The van der Waals surface area contributed by atoms with Crippen LogP contribution in [0.4, 0.5) is 0 Å². The van der Waals surface area contributed by atoms with Crippen molar-refractivity contribution in [2.45, 2.75) is 23.1 Å². The van der Waals surface area contributed by atoms with Gasteiger partial charge in [-0.1, -0.05) is 30.7 Å². The van der Waals surface area contributed by atoms with E-state index in [1.54, 1.807) is 59.1 Å². The predicted octanol–water partition coefficient (Wildman–Crippen LogP) is 4.47. The van der Waals surface area contributed by atoms with E-state index in [-0.39, 0.29) is 21.3 Å². The molecule has 0 N–H and O–H groups in total. The maximum atomic E-state index is 13.7. The molecule has 3 aromatic rings. The topological polar surface area (TPSA) is 67.3 Å². The van der Waals surface area contributed by atoms with Crippen LogP contribution in [0.5, 0.6) is 0 Å². The number of carbonyl (C=O) groups excluding carboxylic acids is 1. The second-order valence-corrected chi connectivity index (χ2v) is 10.6. The maximum Gasteiger partial charge on any atom is 0.256 e. The van der Waals surface area contributed by atoms with Crippen LogP contribution in [0.1, 0.15) is 22.8 Å². The second kappa shape index (κ2) is 8.57. The van der Waals surface area contributed by atoms with E-state index >= 15 is 0 Å². The lowest BCUT2D eigenvalue weighted by Crippen LogP contribution is -2.38. The molecule has 0 unspecified atom stereocenters. The molecule has 0 bridgehead atoms. The van der Waals surface area contributed by atoms with Gasteiger partial charge >= 0.3 is 0 Å². The first-order valence-corrected chi connectivity index (χ1v) is 12.7. The minimum Gasteiger partial charge on any atom is -0.337 e. The number of hydrogen-bond donors (Lipinski definition) is 0. The summed E-state index contributed by atoms with van der Waals surface area (Å²) in [5, 5.41) is 0.750. The van der Waals surface area contributed by atoms with Crippen LogP contribution in [0.2, 0.25) is 5.02 Å². The Morgan fingerprint density at radius 1 is 1.13 bits per heavy atom. The van der Waals surface area contributed by atoms with Crippen molar-refractivity contribution in [2.24, 2.45) is 0 Å². The fourth-order valence-corrected chi connectivity index (χ4v) is 6.23. The fraction of sp³-hybridized carbons (Fsp3) is 0.273. The summed E-state index contributed by atoms with van der Waals surface area (Å²) < 4.78 is 27.4. The smallest absolute Gasteiger partial charge is 0.256 e. The van der Waals surface area contributed by atoms with E-state index < -0.39 is 9.84 Å². The summed E-state index contributed by atoms with van der Waals surface area (Å²) >= 11 is 7.97. The highest BCUT2D eigenvalue weighted by atomic mass is 35.5. The zero-order valence-corrected chi connectivity index (χ0v) is 18.9. The third kappa shape index (κ3) is 3.94. The summed E-state index contributed by atoms with van der Waals surface area (Å²) in [6, 6.07) is 11.7. The Labute approximate surface area is 185 Å². The summed E-state index contributed by atoms with van der Waals surface area (Å²) in [7, 11) is -3.97. The molecular formula is C22H21ClN2O3S2. The van der Waals surface area contributed by atoms with Crippen LogP contribution in [0.15, 0.2) is 58.5 Å². The van der Waals surface area contributed by atoms with Crippen LogP contribution >= 0.6 is 23.4 Å². The zero-order valence-electron chi connectivity index (χ0n) is 16.5. The van der Waals surface area contributed by atoms with Gasteiger partial charge < -0.3 is 4.90 Å². The van der Waals surface area contributed by atoms with Crippen molar-refractivity contribution in [1.82, 2.24) is 9.88 Å². The van der Waals surface area contributed by atoms with E-state index in [4.69, 9.17) is 11.6 Å². The fourth-order valence-electron chi connectivity index (χ4n) is 3.54. The zero-order chi connectivity index (χ0) is 21.3. The van der Waals surface area contributed by atoms with Crippen molar-refractivity contribution in [1.29, 1.82) is 0 Å². The summed E-state index contributed by atoms with van der Waals surface area (Å²) in [4.78, 5) is 19.5. The van der Waals surface area contributed by atoms with E-state index in [1.807, 2.05) is 6.92 Å². The first kappa shape index (κ1) is 21.2. The summed E-state index contributed by atoms with van der Waals surface area (Å²) in [5.41, 5.74) is 1.61. The van der Waals surface area contributed by atoms with Crippen molar-refractivity contribution in [3.05, 3.63) is 64.8 Å². The number of aryl methyl sites for hydroxylation is 1. The molecule has 0 aliphatic carbocycles. The molecule has 0 spiro atoms. The lowest BCUT2D eigenvalue weighted by molar-refractivity contribution is 0.0768. The molecule has 0 atom stereocenters. The monoisotopic (exact) mass is 460 g/mol. The van der Waals surface area contributed by atoms with Gasteiger partial charge in [0.15, 0.2) is 0 Å². The third-order valence-corrected chi connectivity index (χ3v) is 8.27. The molecular weight excluding hydrogens is 440 g/mol. The molecule has 156 valence electrons. The number of nitrogens with zero attached hydrogens (tertiary/aromatic N) is 2. The van der Waals surface area contributed by atoms with Crippen molar-refractivity contribution >= 4 is 50.0 Å². The molecule has 1 amide bonds. The van der Waals surface area contributed by atoms with Crippen LogP contribution in [0, 0.1) is 0 Å². The van der Waals surface area contributed by atoms with Gasteiger partial charge in [-0.3, -0.25) is 9.78 Å². The summed E-state index contributed by atoms with van der Waals surface area (Å²) in [5.74, 6) is 1.35. The number of fused-ring (bicyclic) bond motifs is 1. The Kier molecular flexibility index (Phi) is 6.04. The van der Waals surface area contributed by atoms with Gasteiger partial charge in [-0.05, 0) is 42.3 Å². The van der Waals surface area contributed by atoms with E-state index in [1.165, 1.54) is 6.20 Å². The molecule has 30 heavy (non-hydrogen) atoms. The van der Waals surface area contributed by atoms with Gasteiger partial charge in [0.25, 0.3) is 5.91 Å².